The number of nitrogens with zero attached hydrogens (tertiary/aromatic N) is 1. The van der Waals surface area contributed by atoms with E-state index in [4.69, 9.17) is 0 Å². The number of hydrogen-bond acceptors (Lipinski definition) is 4. The van der Waals surface area contributed by atoms with Crippen LogP contribution in [-0.4, -0.2) is 42.7 Å². The Morgan fingerprint density at radius 1 is 1.25 bits per heavy atom. The van der Waals surface area contributed by atoms with Crippen molar-refractivity contribution in [3.63, 3.8) is 0 Å². The van der Waals surface area contributed by atoms with Gasteiger partial charge in [0.25, 0.3) is 0 Å². The van der Waals surface area contributed by atoms with Crippen LogP contribution in [0, 0.1) is 0 Å². The summed E-state index contributed by atoms with van der Waals surface area (Å²) in [5.74, 6) is 0.250. The molecule has 5 nitrogen and oxygen atoms in total. The van der Waals surface area contributed by atoms with Gasteiger partial charge >= 0.3 is 6.03 Å². The van der Waals surface area contributed by atoms with Crippen LogP contribution < -0.4 is 10.6 Å². The van der Waals surface area contributed by atoms with E-state index >= 15 is 0 Å². The number of hydrogen-bond donors (Lipinski definition) is 3. The van der Waals surface area contributed by atoms with Gasteiger partial charge in [-0.25, -0.2) is 4.79 Å². The first-order valence-corrected chi connectivity index (χ1v) is 8.85. The fourth-order valence-electron chi connectivity index (χ4n) is 2.52. The van der Waals surface area contributed by atoms with Gasteiger partial charge in [0.15, 0.2) is 0 Å². The van der Waals surface area contributed by atoms with Crippen LogP contribution in [0.15, 0.2) is 41.8 Å². The van der Waals surface area contributed by atoms with E-state index in [0.29, 0.717) is 6.54 Å². The maximum absolute atomic E-state index is 12.1. The first-order chi connectivity index (χ1) is 11.5. The number of benzene rings is 1. The molecule has 24 heavy (non-hydrogen) atoms. The minimum atomic E-state index is -0.162. The normalized spacial score (nSPS) is 13.5. The minimum Gasteiger partial charge on any atom is -0.508 e. The number of amides is 2. The zero-order valence-electron chi connectivity index (χ0n) is 14.3. The van der Waals surface area contributed by atoms with E-state index in [1.165, 1.54) is 4.88 Å². The molecule has 6 heteroatoms. The number of likely N-dealkylation sites (N-methyl/N-ethyl adjacent to an activating group) is 1. The zero-order valence-corrected chi connectivity index (χ0v) is 15.1. The molecule has 1 aromatic heterocycles. The van der Waals surface area contributed by atoms with Crippen LogP contribution in [0.4, 0.5) is 4.79 Å². The molecule has 2 amide bonds. The molecule has 0 saturated heterocycles. The maximum Gasteiger partial charge on any atom is 0.315 e. The number of phenols is 1. The first-order valence-electron chi connectivity index (χ1n) is 7.98. The molecule has 0 radical (unpaired) electrons. The summed E-state index contributed by atoms with van der Waals surface area (Å²) >= 11 is 1.69. The number of thiophene rings is 1. The van der Waals surface area contributed by atoms with Gasteiger partial charge in [0.05, 0.1) is 6.04 Å². The van der Waals surface area contributed by atoms with Crippen LogP contribution in [0.2, 0.25) is 0 Å². The number of phenolic OH excluding ortho intramolecular Hbond substituents is 1. The molecule has 1 heterocycles. The van der Waals surface area contributed by atoms with Crippen LogP contribution in [0.25, 0.3) is 0 Å². The van der Waals surface area contributed by atoms with Crippen molar-refractivity contribution >= 4 is 17.4 Å². The summed E-state index contributed by atoms with van der Waals surface area (Å²) in [5.41, 5.74) is 1.07. The van der Waals surface area contributed by atoms with E-state index in [2.05, 4.69) is 21.6 Å². The van der Waals surface area contributed by atoms with Gasteiger partial charge in [0.1, 0.15) is 5.75 Å². The second-order valence-electron chi connectivity index (χ2n) is 6.12. The van der Waals surface area contributed by atoms with Gasteiger partial charge in [0, 0.05) is 17.5 Å². The van der Waals surface area contributed by atoms with Crippen molar-refractivity contribution in [3.8, 4) is 5.75 Å². The number of carbonyl (C=O) groups is 1. The lowest BCUT2D eigenvalue weighted by molar-refractivity contribution is 0.230. The number of aromatic hydroxyl groups is 1. The average Bonchev–Trinajstić information content (AvgIpc) is 3.03. The summed E-state index contributed by atoms with van der Waals surface area (Å²) in [4.78, 5) is 15.5. The number of rotatable bonds is 7. The van der Waals surface area contributed by atoms with Crippen molar-refractivity contribution in [2.24, 2.45) is 0 Å². The molecular formula is C18H25N3O2S. The summed E-state index contributed by atoms with van der Waals surface area (Å²) in [6.45, 7) is 2.53. The quantitative estimate of drug-likeness (QED) is 0.721. The second-order valence-corrected chi connectivity index (χ2v) is 7.10. The standard InChI is InChI=1S/C18H25N3O2S/c1-13(11-14-6-8-15(22)9-7-14)20-18(23)19-12-16(21(2)3)17-5-4-10-24-17/h4-10,13,16,22H,11-12H2,1-3H3,(H2,19,20,23)/t13-,16-/m1/s1. The molecule has 1 aromatic carbocycles. The third-order valence-corrected chi connectivity index (χ3v) is 4.78. The Balaban J connectivity index is 1.80. The Labute approximate surface area is 147 Å². The third kappa shape index (κ3) is 5.54. The summed E-state index contributed by atoms with van der Waals surface area (Å²) in [5, 5.41) is 17.3. The molecule has 0 aliphatic rings. The third-order valence-electron chi connectivity index (χ3n) is 3.81. The van der Waals surface area contributed by atoms with Crippen molar-refractivity contribution in [1.82, 2.24) is 15.5 Å². The smallest absolute Gasteiger partial charge is 0.315 e. The van der Waals surface area contributed by atoms with E-state index in [9.17, 15) is 9.90 Å². The lowest BCUT2D eigenvalue weighted by atomic mass is 10.1. The van der Waals surface area contributed by atoms with Gasteiger partial charge in [-0.1, -0.05) is 18.2 Å². The van der Waals surface area contributed by atoms with Gasteiger partial charge in [-0.2, -0.15) is 0 Å². The number of nitrogens with one attached hydrogen (secondary N) is 2. The molecule has 2 rings (SSSR count). The molecule has 0 unspecified atom stereocenters. The second kappa shape index (κ2) is 8.70. The molecule has 0 aliphatic heterocycles. The molecule has 130 valence electrons. The van der Waals surface area contributed by atoms with E-state index in [1.807, 2.05) is 44.6 Å². The molecule has 0 spiro atoms. The highest BCUT2D eigenvalue weighted by Crippen LogP contribution is 2.22. The summed E-state index contributed by atoms with van der Waals surface area (Å²) in [6, 6.07) is 11.2. The van der Waals surface area contributed by atoms with E-state index in [1.54, 1.807) is 23.5 Å². The predicted molar refractivity (Wildman–Crippen MR) is 98.6 cm³/mol. The largest absolute Gasteiger partial charge is 0.508 e. The van der Waals surface area contributed by atoms with Crippen molar-refractivity contribution in [2.45, 2.75) is 25.4 Å². The molecule has 0 saturated carbocycles. The van der Waals surface area contributed by atoms with E-state index < -0.39 is 0 Å². The average molecular weight is 347 g/mol. The number of carbonyl (C=O) groups excluding carboxylic acids is 1. The van der Waals surface area contributed by atoms with Gasteiger partial charge < -0.3 is 20.6 Å². The van der Waals surface area contributed by atoms with Crippen LogP contribution in [0.5, 0.6) is 5.75 Å². The predicted octanol–water partition coefficient (Wildman–Crippen LogP) is 2.99. The van der Waals surface area contributed by atoms with E-state index in [0.717, 1.165) is 12.0 Å². The van der Waals surface area contributed by atoms with Gasteiger partial charge in [-0.15, -0.1) is 11.3 Å². The Morgan fingerprint density at radius 2 is 1.96 bits per heavy atom. The lowest BCUT2D eigenvalue weighted by Crippen LogP contribution is -2.44. The minimum absolute atomic E-state index is 0.00841. The topological polar surface area (TPSA) is 64.6 Å². The first kappa shape index (κ1) is 18.3. The van der Waals surface area contributed by atoms with Crippen molar-refractivity contribution in [2.75, 3.05) is 20.6 Å². The van der Waals surface area contributed by atoms with E-state index in [-0.39, 0.29) is 23.9 Å². The Kier molecular flexibility index (Phi) is 6.63. The molecule has 3 N–H and O–H groups in total. The molecule has 0 aliphatic carbocycles. The van der Waals surface area contributed by atoms with Gasteiger partial charge in [0.2, 0.25) is 0 Å². The Bertz CT molecular complexity index is 626. The molecule has 2 aromatic rings. The molecule has 0 bridgehead atoms. The molecule has 0 fully saturated rings. The maximum atomic E-state index is 12.1. The van der Waals surface area contributed by atoms with Crippen molar-refractivity contribution < 1.29 is 9.90 Å². The Morgan fingerprint density at radius 3 is 2.54 bits per heavy atom. The highest BCUT2D eigenvalue weighted by atomic mass is 32.1. The van der Waals surface area contributed by atoms with Crippen LogP contribution >= 0.6 is 11.3 Å². The van der Waals surface area contributed by atoms with Crippen molar-refractivity contribution in [1.29, 1.82) is 0 Å². The summed E-state index contributed by atoms with van der Waals surface area (Å²) in [7, 11) is 4.02. The van der Waals surface area contributed by atoms with Crippen molar-refractivity contribution in [3.05, 3.63) is 52.2 Å². The molecular weight excluding hydrogens is 322 g/mol. The summed E-state index contributed by atoms with van der Waals surface area (Å²) < 4.78 is 0. The Hall–Kier alpha value is -2.05. The number of urea groups is 1. The van der Waals surface area contributed by atoms with Crippen LogP contribution in [0.3, 0.4) is 0 Å². The van der Waals surface area contributed by atoms with Gasteiger partial charge in [-0.05, 0) is 56.6 Å². The SMILES string of the molecule is C[C@H](Cc1ccc(O)cc1)NC(=O)NC[C@H](c1cccs1)N(C)C. The summed E-state index contributed by atoms with van der Waals surface area (Å²) in [6.07, 6.45) is 0.718. The lowest BCUT2D eigenvalue weighted by Gasteiger charge is -2.24. The zero-order chi connectivity index (χ0) is 17.5. The highest BCUT2D eigenvalue weighted by molar-refractivity contribution is 7.10. The fraction of sp³-hybridized carbons (Fsp3) is 0.389. The van der Waals surface area contributed by atoms with Crippen LogP contribution in [-0.2, 0) is 6.42 Å². The monoisotopic (exact) mass is 347 g/mol. The van der Waals surface area contributed by atoms with Crippen LogP contribution in [0.1, 0.15) is 23.4 Å². The molecule has 2 atom stereocenters. The fourth-order valence-corrected chi connectivity index (χ4v) is 3.44. The highest BCUT2D eigenvalue weighted by Gasteiger charge is 2.16. The van der Waals surface area contributed by atoms with Gasteiger partial charge in [-0.3, -0.25) is 0 Å².